The van der Waals surface area contributed by atoms with E-state index in [0.717, 1.165) is 0 Å². The van der Waals surface area contributed by atoms with Crippen LogP contribution in [0.1, 0.15) is 105 Å². The van der Waals surface area contributed by atoms with Crippen molar-refractivity contribution in [2.24, 2.45) is 16.6 Å². The number of hydrogen-bond donors (Lipinski definition) is 1. The minimum absolute atomic E-state index is 0.0689. The zero-order valence-corrected chi connectivity index (χ0v) is 14.9. The van der Waals surface area contributed by atoms with E-state index in [0.29, 0.717) is 10.8 Å². The number of rotatable bonds is 0. The van der Waals surface area contributed by atoms with Gasteiger partial charge in [-0.15, -0.1) is 0 Å². The van der Waals surface area contributed by atoms with Crippen molar-refractivity contribution in [3.05, 3.63) is 0 Å². The molecule has 0 heterocycles. The minimum Gasteiger partial charge on any atom is -0.325 e. The molecule has 0 aliphatic heterocycles. The highest BCUT2D eigenvalue weighted by Crippen LogP contribution is 2.38. The lowest BCUT2D eigenvalue weighted by atomic mass is 9.73. The van der Waals surface area contributed by atoms with Gasteiger partial charge in [-0.05, 0) is 56.3 Å². The molecule has 0 amide bonds. The molecule has 0 radical (unpaired) electrons. The van der Waals surface area contributed by atoms with Crippen molar-refractivity contribution < 1.29 is 0 Å². The highest BCUT2D eigenvalue weighted by Gasteiger charge is 2.26. The molecule has 1 aliphatic rings. The lowest BCUT2D eigenvalue weighted by Gasteiger charge is -2.33. The first-order chi connectivity index (χ1) is 9.12. The average Bonchev–Trinajstić information content (AvgIpc) is 2.30. The van der Waals surface area contributed by atoms with Crippen molar-refractivity contribution in [3.8, 4) is 0 Å². The Morgan fingerprint density at radius 3 is 1.45 bits per heavy atom. The molecular weight excluding hydrogens is 242 g/mol. The van der Waals surface area contributed by atoms with Crippen LogP contribution in [0.2, 0.25) is 0 Å². The molecule has 0 aromatic carbocycles. The van der Waals surface area contributed by atoms with Crippen LogP contribution in [-0.4, -0.2) is 5.54 Å². The van der Waals surface area contributed by atoms with Gasteiger partial charge in [-0.3, -0.25) is 0 Å². The van der Waals surface area contributed by atoms with Crippen LogP contribution >= 0.6 is 0 Å². The molecule has 0 aromatic heterocycles. The largest absolute Gasteiger partial charge is 0.325 e. The predicted molar refractivity (Wildman–Crippen MR) is 90.9 cm³/mol. The zero-order valence-electron chi connectivity index (χ0n) is 14.9. The zero-order chi connectivity index (χ0) is 15.3. The molecule has 1 saturated carbocycles. The Labute approximate surface area is 128 Å². The maximum absolute atomic E-state index is 6.46. The topological polar surface area (TPSA) is 26.0 Å². The summed E-state index contributed by atoms with van der Waals surface area (Å²) in [6.07, 6.45) is 14.6. The Kier molecular flexibility index (Phi) is 6.57. The first-order valence-corrected chi connectivity index (χ1v) is 8.91. The van der Waals surface area contributed by atoms with Crippen LogP contribution < -0.4 is 5.73 Å². The molecule has 1 atom stereocenters. The molecule has 2 N–H and O–H groups in total. The van der Waals surface area contributed by atoms with Crippen molar-refractivity contribution in [1.29, 1.82) is 0 Å². The van der Waals surface area contributed by atoms with Gasteiger partial charge in [0.05, 0.1) is 0 Å². The monoisotopic (exact) mass is 281 g/mol. The van der Waals surface area contributed by atoms with Gasteiger partial charge in [-0.1, -0.05) is 59.8 Å². The highest BCUT2D eigenvalue weighted by atomic mass is 14.7. The average molecular weight is 282 g/mol. The van der Waals surface area contributed by atoms with E-state index in [2.05, 4.69) is 34.6 Å². The summed E-state index contributed by atoms with van der Waals surface area (Å²) in [5.74, 6) is 0. The van der Waals surface area contributed by atoms with Gasteiger partial charge in [0, 0.05) is 5.54 Å². The fraction of sp³-hybridized carbons (Fsp3) is 1.00. The molecule has 0 saturated heterocycles. The second-order valence-corrected chi connectivity index (χ2v) is 9.25. The second kappa shape index (κ2) is 7.29. The van der Waals surface area contributed by atoms with E-state index in [1.807, 2.05) is 0 Å². The van der Waals surface area contributed by atoms with Gasteiger partial charge in [-0.2, -0.15) is 0 Å². The maximum atomic E-state index is 6.46. The van der Waals surface area contributed by atoms with E-state index in [-0.39, 0.29) is 5.54 Å². The van der Waals surface area contributed by atoms with Crippen LogP contribution in [0.5, 0.6) is 0 Å². The van der Waals surface area contributed by atoms with Gasteiger partial charge in [0.15, 0.2) is 0 Å². The molecule has 1 rings (SSSR count). The molecule has 1 heteroatoms. The van der Waals surface area contributed by atoms with E-state index in [9.17, 15) is 0 Å². The fourth-order valence-corrected chi connectivity index (χ4v) is 3.51. The van der Waals surface area contributed by atoms with Crippen LogP contribution in [0.4, 0.5) is 0 Å². The lowest BCUT2D eigenvalue weighted by Crippen LogP contribution is -2.36. The van der Waals surface area contributed by atoms with E-state index < -0.39 is 0 Å². The van der Waals surface area contributed by atoms with Crippen LogP contribution in [0.3, 0.4) is 0 Å². The van der Waals surface area contributed by atoms with Gasteiger partial charge in [0.1, 0.15) is 0 Å². The summed E-state index contributed by atoms with van der Waals surface area (Å²) < 4.78 is 0. The second-order valence-electron chi connectivity index (χ2n) is 9.25. The molecule has 1 unspecified atom stereocenters. The van der Waals surface area contributed by atoms with Crippen molar-refractivity contribution in [2.75, 3.05) is 0 Å². The van der Waals surface area contributed by atoms with Crippen LogP contribution in [0.15, 0.2) is 0 Å². The Bertz CT molecular complexity index is 275. The first-order valence-electron chi connectivity index (χ1n) is 8.91. The SMILES string of the molecule is CC1(C)CCCCCCC(C)(N)CCCC(C)(C)CC1. The Morgan fingerprint density at radius 1 is 0.500 bits per heavy atom. The van der Waals surface area contributed by atoms with E-state index in [4.69, 9.17) is 5.73 Å². The van der Waals surface area contributed by atoms with Crippen molar-refractivity contribution >= 4 is 0 Å². The third-order valence-corrected chi connectivity index (χ3v) is 5.43. The normalized spacial score (nSPS) is 33.3. The summed E-state index contributed by atoms with van der Waals surface area (Å²) in [5.41, 5.74) is 7.54. The first kappa shape index (κ1) is 18.0. The van der Waals surface area contributed by atoms with Crippen molar-refractivity contribution in [2.45, 2.75) is 111 Å². The predicted octanol–water partition coefficient (Wildman–Crippen LogP) is 6.06. The molecule has 0 bridgehead atoms. The molecule has 0 aromatic rings. The van der Waals surface area contributed by atoms with Crippen LogP contribution in [-0.2, 0) is 0 Å². The summed E-state index contributed by atoms with van der Waals surface area (Å²) in [6, 6.07) is 0. The van der Waals surface area contributed by atoms with E-state index >= 15 is 0 Å². The Balaban J connectivity index is 2.58. The van der Waals surface area contributed by atoms with Crippen molar-refractivity contribution in [1.82, 2.24) is 0 Å². The Morgan fingerprint density at radius 2 is 0.900 bits per heavy atom. The molecule has 1 nitrogen and oxygen atoms in total. The van der Waals surface area contributed by atoms with Gasteiger partial charge < -0.3 is 5.73 Å². The molecule has 0 spiro atoms. The van der Waals surface area contributed by atoms with Gasteiger partial charge in [0.25, 0.3) is 0 Å². The molecule has 1 aliphatic carbocycles. The Hall–Kier alpha value is -0.0400. The van der Waals surface area contributed by atoms with Crippen molar-refractivity contribution in [3.63, 3.8) is 0 Å². The molecule has 20 heavy (non-hydrogen) atoms. The lowest BCUT2D eigenvalue weighted by molar-refractivity contribution is 0.200. The summed E-state index contributed by atoms with van der Waals surface area (Å²) in [4.78, 5) is 0. The standard InChI is InChI=1S/C19H39N/c1-17(2)11-8-6-7-9-13-19(5,20)14-10-12-18(3,4)16-15-17/h6-16,20H2,1-5H3. The van der Waals surface area contributed by atoms with Gasteiger partial charge in [0.2, 0.25) is 0 Å². The number of nitrogens with two attached hydrogens (primary N) is 1. The van der Waals surface area contributed by atoms with Gasteiger partial charge >= 0.3 is 0 Å². The number of hydrogen-bond acceptors (Lipinski definition) is 1. The summed E-state index contributed by atoms with van der Waals surface area (Å²) in [5, 5.41) is 0. The molecule has 1 fully saturated rings. The third kappa shape index (κ3) is 7.67. The summed E-state index contributed by atoms with van der Waals surface area (Å²) in [7, 11) is 0. The van der Waals surface area contributed by atoms with Gasteiger partial charge in [-0.25, -0.2) is 0 Å². The van der Waals surface area contributed by atoms with Crippen LogP contribution in [0.25, 0.3) is 0 Å². The third-order valence-electron chi connectivity index (χ3n) is 5.43. The maximum Gasteiger partial charge on any atom is 0.0125 e. The van der Waals surface area contributed by atoms with Crippen LogP contribution in [0, 0.1) is 10.8 Å². The smallest absolute Gasteiger partial charge is 0.0125 e. The summed E-state index contributed by atoms with van der Waals surface area (Å²) in [6.45, 7) is 12.1. The molecule has 120 valence electrons. The summed E-state index contributed by atoms with van der Waals surface area (Å²) >= 11 is 0. The highest BCUT2D eigenvalue weighted by molar-refractivity contribution is 4.81. The van der Waals surface area contributed by atoms with E-state index in [1.54, 1.807) is 0 Å². The fourth-order valence-electron chi connectivity index (χ4n) is 3.51. The molecular formula is C19H39N. The quantitative estimate of drug-likeness (QED) is 0.573. The van der Waals surface area contributed by atoms with E-state index in [1.165, 1.54) is 70.6 Å². The minimum atomic E-state index is 0.0689.